The number of halogens is 3. The van der Waals surface area contributed by atoms with E-state index in [1.165, 1.54) is 4.88 Å². The van der Waals surface area contributed by atoms with Crippen LogP contribution in [0, 0.1) is 11.6 Å². The highest BCUT2D eigenvalue weighted by Gasteiger charge is 2.11. The van der Waals surface area contributed by atoms with Crippen molar-refractivity contribution >= 4 is 38.9 Å². The van der Waals surface area contributed by atoms with Gasteiger partial charge in [0.2, 0.25) is 0 Å². The van der Waals surface area contributed by atoms with Gasteiger partial charge in [-0.05, 0) is 41.4 Å². The number of anilines is 2. The van der Waals surface area contributed by atoms with Crippen molar-refractivity contribution in [3.8, 4) is 0 Å². The highest BCUT2D eigenvalue weighted by molar-refractivity contribution is 9.11. The minimum atomic E-state index is -0.684. The zero-order chi connectivity index (χ0) is 14.5. The molecular formula is C13H14BrF2N3S. The number of hydrogen-bond donors (Lipinski definition) is 2. The molecule has 0 aliphatic heterocycles. The normalized spacial score (nSPS) is 10.6. The van der Waals surface area contributed by atoms with E-state index in [2.05, 4.69) is 31.5 Å². The maximum absolute atomic E-state index is 13.6. The molecule has 2 heterocycles. The van der Waals surface area contributed by atoms with Crippen LogP contribution in [0.25, 0.3) is 0 Å². The summed E-state index contributed by atoms with van der Waals surface area (Å²) in [5, 5.41) is 5.65. The molecule has 2 N–H and O–H groups in total. The Kier molecular flexibility index (Phi) is 5.31. The van der Waals surface area contributed by atoms with Crippen molar-refractivity contribution in [1.82, 2.24) is 4.98 Å². The average molecular weight is 362 g/mol. The smallest absolute Gasteiger partial charge is 0.168 e. The second kappa shape index (κ2) is 6.99. The Morgan fingerprint density at radius 1 is 1.20 bits per heavy atom. The first-order valence-corrected chi connectivity index (χ1v) is 7.79. The first-order valence-electron chi connectivity index (χ1n) is 6.18. The molecule has 0 atom stereocenters. The van der Waals surface area contributed by atoms with Crippen molar-refractivity contribution in [1.29, 1.82) is 0 Å². The fourth-order valence-corrected chi connectivity index (χ4v) is 3.15. The van der Waals surface area contributed by atoms with Gasteiger partial charge >= 0.3 is 0 Å². The number of thiophene rings is 1. The van der Waals surface area contributed by atoms with Crippen molar-refractivity contribution in [2.24, 2.45) is 0 Å². The van der Waals surface area contributed by atoms with Crippen LogP contribution in [0.2, 0.25) is 0 Å². The Labute approximate surface area is 128 Å². The Bertz CT molecular complexity index is 589. The largest absolute Gasteiger partial charge is 0.368 e. The zero-order valence-electron chi connectivity index (χ0n) is 10.8. The highest BCUT2D eigenvalue weighted by Crippen LogP contribution is 2.23. The standard InChI is InChI=1S/C13H14BrF2N3S/c1-2-17-12-9(15)7-10(16)13(19-12)18-6-5-8-3-4-11(14)20-8/h3-4,7H,2,5-6H2,1H3,(H2,17,18,19). The van der Waals surface area contributed by atoms with Gasteiger partial charge in [0.15, 0.2) is 23.3 Å². The van der Waals surface area contributed by atoms with Gasteiger partial charge in [-0.25, -0.2) is 13.8 Å². The molecule has 0 bridgehead atoms. The van der Waals surface area contributed by atoms with Gasteiger partial charge in [-0.15, -0.1) is 11.3 Å². The highest BCUT2D eigenvalue weighted by atomic mass is 79.9. The van der Waals surface area contributed by atoms with Crippen LogP contribution in [0.4, 0.5) is 20.4 Å². The van der Waals surface area contributed by atoms with E-state index in [-0.39, 0.29) is 11.6 Å². The third-order valence-corrected chi connectivity index (χ3v) is 4.25. The molecule has 0 radical (unpaired) electrons. The van der Waals surface area contributed by atoms with Gasteiger partial charge < -0.3 is 10.6 Å². The molecule has 0 aliphatic carbocycles. The summed E-state index contributed by atoms with van der Waals surface area (Å²) >= 11 is 5.02. The number of pyridine rings is 1. The van der Waals surface area contributed by atoms with Gasteiger partial charge in [0.1, 0.15) is 0 Å². The molecule has 3 nitrogen and oxygen atoms in total. The van der Waals surface area contributed by atoms with E-state index < -0.39 is 11.6 Å². The van der Waals surface area contributed by atoms with Gasteiger partial charge in [0.05, 0.1) is 3.79 Å². The summed E-state index contributed by atoms with van der Waals surface area (Å²) in [5.41, 5.74) is 0. The zero-order valence-corrected chi connectivity index (χ0v) is 13.2. The fourth-order valence-electron chi connectivity index (χ4n) is 1.67. The summed E-state index contributed by atoms with van der Waals surface area (Å²) in [5.74, 6) is -1.23. The molecular weight excluding hydrogens is 348 g/mol. The Hall–Kier alpha value is -1.21. The third kappa shape index (κ3) is 3.89. The molecule has 0 saturated carbocycles. The maximum atomic E-state index is 13.6. The molecule has 0 fully saturated rings. The fraction of sp³-hybridized carbons (Fsp3) is 0.308. The quantitative estimate of drug-likeness (QED) is 0.806. The molecule has 0 aliphatic rings. The molecule has 0 spiro atoms. The van der Waals surface area contributed by atoms with Crippen LogP contribution in [0.1, 0.15) is 11.8 Å². The van der Waals surface area contributed by atoms with Crippen molar-refractivity contribution in [3.05, 3.63) is 38.5 Å². The summed E-state index contributed by atoms with van der Waals surface area (Å²) in [6.45, 7) is 2.89. The van der Waals surface area contributed by atoms with Crippen LogP contribution < -0.4 is 10.6 Å². The van der Waals surface area contributed by atoms with Crippen LogP contribution in [0.3, 0.4) is 0 Å². The second-order valence-corrected chi connectivity index (χ2v) is 6.61. The van der Waals surface area contributed by atoms with Gasteiger partial charge in [-0.2, -0.15) is 0 Å². The van der Waals surface area contributed by atoms with Crippen molar-refractivity contribution < 1.29 is 8.78 Å². The van der Waals surface area contributed by atoms with E-state index in [0.29, 0.717) is 13.1 Å². The molecule has 2 aromatic heterocycles. The molecule has 0 unspecified atom stereocenters. The number of aromatic nitrogens is 1. The van der Waals surface area contributed by atoms with E-state index in [4.69, 9.17) is 0 Å². The summed E-state index contributed by atoms with van der Waals surface area (Å²) < 4.78 is 28.1. The van der Waals surface area contributed by atoms with Crippen LogP contribution in [-0.4, -0.2) is 18.1 Å². The van der Waals surface area contributed by atoms with E-state index in [0.717, 1.165) is 16.3 Å². The van der Waals surface area contributed by atoms with Gasteiger partial charge in [-0.3, -0.25) is 0 Å². The number of nitrogens with zero attached hydrogens (tertiary/aromatic N) is 1. The lowest BCUT2D eigenvalue weighted by Gasteiger charge is -2.09. The molecule has 2 rings (SSSR count). The van der Waals surface area contributed by atoms with E-state index in [1.807, 2.05) is 19.1 Å². The molecule has 20 heavy (non-hydrogen) atoms. The molecule has 108 valence electrons. The van der Waals surface area contributed by atoms with Crippen LogP contribution >= 0.6 is 27.3 Å². The lowest BCUT2D eigenvalue weighted by molar-refractivity contribution is 0.578. The monoisotopic (exact) mass is 361 g/mol. The Morgan fingerprint density at radius 3 is 2.50 bits per heavy atom. The minimum Gasteiger partial charge on any atom is -0.368 e. The van der Waals surface area contributed by atoms with E-state index in [9.17, 15) is 8.78 Å². The number of nitrogens with one attached hydrogen (secondary N) is 2. The van der Waals surface area contributed by atoms with Gasteiger partial charge in [-0.1, -0.05) is 0 Å². The minimum absolute atomic E-state index is 0.0651. The number of rotatable bonds is 6. The van der Waals surface area contributed by atoms with Crippen molar-refractivity contribution in [2.45, 2.75) is 13.3 Å². The Morgan fingerprint density at radius 2 is 1.90 bits per heavy atom. The first kappa shape index (κ1) is 15.2. The average Bonchev–Trinajstić information content (AvgIpc) is 2.81. The predicted molar refractivity (Wildman–Crippen MR) is 82.5 cm³/mol. The summed E-state index contributed by atoms with van der Waals surface area (Å²) in [6, 6.07) is 4.82. The van der Waals surface area contributed by atoms with Crippen molar-refractivity contribution in [2.75, 3.05) is 23.7 Å². The predicted octanol–water partition coefficient (Wildman–Crippen LogP) is 4.27. The van der Waals surface area contributed by atoms with Crippen molar-refractivity contribution in [3.63, 3.8) is 0 Å². The third-order valence-electron chi connectivity index (χ3n) is 2.57. The van der Waals surface area contributed by atoms with Gasteiger partial charge in [0, 0.05) is 24.0 Å². The number of hydrogen-bond acceptors (Lipinski definition) is 4. The maximum Gasteiger partial charge on any atom is 0.168 e. The van der Waals surface area contributed by atoms with Crippen LogP contribution in [-0.2, 0) is 6.42 Å². The molecule has 0 aromatic carbocycles. The molecule has 0 saturated heterocycles. The first-order chi connectivity index (χ1) is 9.60. The summed E-state index contributed by atoms with van der Waals surface area (Å²) in [6.07, 6.45) is 0.755. The van der Waals surface area contributed by atoms with E-state index in [1.54, 1.807) is 11.3 Å². The Balaban J connectivity index is 1.99. The SMILES string of the molecule is CCNc1nc(NCCc2ccc(Br)s2)c(F)cc1F. The molecule has 7 heteroatoms. The van der Waals surface area contributed by atoms with Gasteiger partial charge in [0.25, 0.3) is 0 Å². The molecule has 0 amide bonds. The topological polar surface area (TPSA) is 37.0 Å². The van der Waals surface area contributed by atoms with Crippen LogP contribution in [0.15, 0.2) is 22.0 Å². The lowest BCUT2D eigenvalue weighted by atomic mass is 10.3. The summed E-state index contributed by atoms with van der Waals surface area (Å²) in [4.78, 5) is 5.10. The second-order valence-electron chi connectivity index (χ2n) is 4.06. The molecule has 2 aromatic rings. The lowest BCUT2D eigenvalue weighted by Crippen LogP contribution is -2.10. The van der Waals surface area contributed by atoms with E-state index >= 15 is 0 Å². The van der Waals surface area contributed by atoms with Crippen LogP contribution in [0.5, 0.6) is 0 Å². The summed E-state index contributed by atoms with van der Waals surface area (Å²) in [7, 11) is 0.